The van der Waals surface area contributed by atoms with Crippen molar-refractivity contribution < 1.29 is 10.1 Å². The van der Waals surface area contributed by atoms with Crippen molar-refractivity contribution in [1.82, 2.24) is 0 Å². The zero-order valence-corrected chi connectivity index (χ0v) is 17.1. The SMILES string of the molecule is Cc1ccc([C@@H](OCC[NH2+]C2C3CC4CC(C3)CC2C4)c2ccccc2)cc1. The smallest absolute Gasteiger partial charge is 0.108 e. The second-order valence-corrected chi connectivity index (χ2v) is 9.60. The number of rotatable bonds is 7. The maximum atomic E-state index is 6.47. The first-order chi connectivity index (χ1) is 13.8. The first-order valence-electron chi connectivity index (χ1n) is 11.3. The van der Waals surface area contributed by atoms with Crippen molar-refractivity contribution in [3.63, 3.8) is 0 Å². The lowest BCUT2D eigenvalue weighted by molar-refractivity contribution is -0.710. The van der Waals surface area contributed by atoms with Crippen molar-refractivity contribution >= 4 is 0 Å². The fourth-order valence-electron chi connectivity index (χ4n) is 6.55. The molecule has 0 heterocycles. The van der Waals surface area contributed by atoms with Gasteiger partial charge in [0.2, 0.25) is 0 Å². The molecular formula is C26H34NO+. The summed E-state index contributed by atoms with van der Waals surface area (Å²) in [4.78, 5) is 0. The summed E-state index contributed by atoms with van der Waals surface area (Å²) in [7, 11) is 0. The van der Waals surface area contributed by atoms with Crippen molar-refractivity contribution in [2.45, 2.75) is 51.2 Å². The van der Waals surface area contributed by atoms with Gasteiger partial charge in [0.15, 0.2) is 0 Å². The highest BCUT2D eigenvalue weighted by atomic mass is 16.5. The summed E-state index contributed by atoms with van der Waals surface area (Å²) < 4.78 is 6.47. The molecule has 4 aliphatic rings. The van der Waals surface area contributed by atoms with Crippen LogP contribution in [-0.4, -0.2) is 19.2 Å². The van der Waals surface area contributed by atoms with Gasteiger partial charge in [-0.1, -0.05) is 60.2 Å². The van der Waals surface area contributed by atoms with E-state index in [1.165, 1.54) is 48.8 Å². The average Bonchev–Trinajstić information content (AvgIpc) is 2.71. The molecule has 0 amide bonds. The lowest BCUT2D eigenvalue weighted by Gasteiger charge is -2.52. The summed E-state index contributed by atoms with van der Waals surface area (Å²) in [6, 6.07) is 20.4. The molecule has 2 aromatic rings. The number of quaternary nitrogens is 1. The normalized spacial score (nSPS) is 31.8. The number of nitrogens with two attached hydrogens (primary N) is 1. The van der Waals surface area contributed by atoms with E-state index in [4.69, 9.17) is 4.74 Å². The summed E-state index contributed by atoms with van der Waals surface area (Å²) in [5, 5.41) is 2.64. The van der Waals surface area contributed by atoms with E-state index in [1.54, 1.807) is 0 Å². The van der Waals surface area contributed by atoms with E-state index >= 15 is 0 Å². The molecule has 6 rings (SSSR count). The molecule has 0 spiro atoms. The van der Waals surface area contributed by atoms with Crippen LogP contribution in [0.2, 0.25) is 0 Å². The van der Waals surface area contributed by atoms with E-state index in [0.29, 0.717) is 0 Å². The maximum Gasteiger partial charge on any atom is 0.108 e. The summed E-state index contributed by atoms with van der Waals surface area (Å²) >= 11 is 0. The molecule has 1 atom stereocenters. The van der Waals surface area contributed by atoms with E-state index in [1.807, 2.05) is 0 Å². The van der Waals surface area contributed by atoms with Gasteiger partial charge in [-0.15, -0.1) is 0 Å². The van der Waals surface area contributed by atoms with E-state index in [9.17, 15) is 0 Å². The second-order valence-electron chi connectivity index (χ2n) is 9.60. The van der Waals surface area contributed by atoms with Crippen LogP contribution >= 0.6 is 0 Å². The van der Waals surface area contributed by atoms with Crippen LogP contribution in [0.3, 0.4) is 0 Å². The molecule has 2 heteroatoms. The Kier molecular flexibility index (Phi) is 5.26. The minimum atomic E-state index is 0.0358. The zero-order valence-electron chi connectivity index (χ0n) is 17.1. The highest BCUT2D eigenvalue weighted by molar-refractivity contribution is 5.31. The lowest BCUT2D eigenvalue weighted by Crippen LogP contribution is -2.95. The third-order valence-electron chi connectivity index (χ3n) is 7.62. The van der Waals surface area contributed by atoms with Crippen LogP contribution in [0, 0.1) is 30.6 Å². The molecule has 2 aromatic carbocycles. The van der Waals surface area contributed by atoms with Crippen LogP contribution in [0.25, 0.3) is 0 Å². The third kappa shape index (κ3) is 3.77. The fourth-order valence-corrected chi connectivity index (χ4v) is 6.55. The monoisotopic (exact) mass is 376 g/mol. The average molecular weight is 377 g/mol. The predicted molar refractivity (Wildman–Crippen MR) is 113 cm³/mol. The van der Waals surface area contributed by atoms with Crippen molar-refractivity contribution in [3.05, 3.63) is 71.3 Å². The lowest BCUT2D eigenvalue weighted by atomic mass is 9.54. The van der Waals surface area contributed by atoms with Crippen LogP contribution in [0.4, 0.5) is 0 Å². The first kappa shape index (κ1) is 18.4. The Hall–Kier alpha value is -1.64. The topological polar surface area (TPSA) is 25.8 Å². The van der Waals surface area contributed by atoms with Gasteiger partial charge in [-0.3, -0.25) is 0 Å². The standard InChI is InChI=1S/C26H33NO/c1-18-7-9-22(10-8-18)26(21-5-3-2-4-6-21)28-12-11-27-25-23-14-19-13-20(16-23)17-24(25)15-19/h2-10,19-20,23-27H,11-17H2,1H3/p+1/t19?,20?,23?,24?,25?,26-/m0/s1. The molecule has 0 aromatic heterocycles. The molecule has 28 heavy (non-hydrogen) atoms. The van der Waals surface area contributed by atoms with Crippen LogP contribution in [0.1, 0.15) is 54.9 Å². The van der Waals surface area contributed by atoms with Crippen molar-refractivity contribution in [3.8, 4) is 0 Å². The Bertz CT molecular complexity index is 741. The van der Waals surface area contributed by atoms with Crippen molar-refractivity contribution in [2.24, 2.45) is 23.7 Å². The molecule has 4 bridgehead atoms. The molecule has 0 saturated heterocycles. The molecule has 4 fully saturated rings. The maximum absolute atomic E-state index is 6.47. The van der Waals surface area contributed by atoms with Gasteiger partial charge in [-0.05, 0) is 62.0 Å². The molecule has 148 valence electrons. The largest absolute Gasteiger partial charge is 0.363 e. The summed E-state index contributed by atoms with van der Waals surface area (Å²) in [5.74, 6) is 4.09. The van der Waals surface area contributed by atoms with Gasteiger partial charge >= 0.3 is 0 Å². The van der Waals surface area contributed by atoms with Gasteiger partial charge < -0.3 is 10.1 Å². The zero-order chi connectivity index (χ0) is 18.9. The Labute approximate surface area is 169 Å². The number of ether oxygens (including phenoxy) is 1. The second kappa shape index (κ2) is 8.00. The van der Waals surface area contributed by atoms with Crippen LogP contribution in [0.15, 0.2) is 54.6 Å². The van der Waals surface area contributed by atoms with E-state index in [2.05, 4.69) is 66.8 Å². The summed E-state index contributed by atoms with van der Waals surface area (Å²) in [6.07, 6.45) is 7.60. The van der Waals surface area contributed by atoms with Gasteiger partial charge in [-0.25, -0.2) is 0 Å². The first-order valence-corrected chi connectivity index (χ1v) is 11.3. The van der Waals surface area contributed by atoms with E-state index < -0.39 is 0 Å². The molecular weight excluding hydrogens is 342 g/mol. The molecule has 4 aliphatic carbocycles. The number of hydrogen-bond acceptors (Lipinski definition) is 1. The Balaban J connectivity index is 1.20. The molecule has 0 unspecified atom stereocenters. The Morgan fingerprint density at radius 1 is 0.821 bits per heavy atom. The Morgan fingerprint density at radius 3 is 2.07 bits per heavy atom. The highest BCUT2D eigenvalue weighted by Crippen LogP contribution is 2.52. The van der Waals surface area contributed by atoms with Gasteiger partial charge in [0.1, 0.15) is 6.10 Å². The number of aryl methyl sites for hydroxylation is 1. The van der Waals surface area contributed by atoms with Crippen LogP contribution < -0.4 is 5.32 Å². The number of hydrogen-bond donors (Lipinski definition) is 1. The fraction of sp³-hybridized carbons (Fsp3) is 0.538. The molecule has 2 N–H and O–H groups in total. The molecule has 0 radical (unpaired) electrons. The van der Waals surface area contributed by atoms with Crippen molar-refractivity contribution in [2.75, 3.05) is 13.2 Å². The molecule has 4 saturated carbocycles. The summed E-state index contributed by atoms with van der Waals surface area (Å²) in [6.45, 7) is 4.04. The van der Waals surface area contributed by atoms with E-state index in [0.717, 1.165) is 42.9 Å². The van der Waals surface area contributed by atoms with Crippen molar-refractivity contribution in [1.29, 1.82) is 0 Å². The predicted octanol–water partition coefficient (Wildman–Crippen LogP) is 4.49. The van der Waals surface area contributed by atoms with Crippen LogP contribution in [0.5, 0.6) is 0 Å². The summed E-state index contributed by atoms with van der Waals surface area (Å²) in [5.41, 5.74) is 3.80. The minimum Gasteiger partial charge on any atom is -0.363 e. The van der Waals surface area contributed by atoms with E-state index in [-0.39, 0.29) is 6.10 Å². The van der Waals surface area contributed by atoms with Crippen LogP contribution in [-0.2, 0) is 4.74 Å². The van der Waals surface area contributed by atoms with Gasteiger partial charge in [0.25, 0.3) is 0 Å². The van der Waals surface area contributed by atoms with Gasteiger partial charge in [0, 0.05) is 11.8 Å². The van der Waals surface area contributed by atoms with Gasteiger partial charge in [0.05, 0.1) is 19.2 Å². The number of benzene rings is 2. The molecule has 2 nitrogen and oxygen atoms in total. The minimum absolute atomic E-state index is 0.0358. The Morgan fingerprint density at radius 2 is 1.43 bits per heavy atom. The molecule has 0 aliphatic heterocycles. The quantitative estimate of drug-likeness (QED) is 0.708. The highest BCUT2D eigenvalue weighted by Gasteiger charge is 2.49. The van der Waals surface area contributed by atoms with Gasteiger partial charge in [-0.2, -0.15) is 0 Å². The third-order valence-corrected chi connectivity index (χ3v) is 7.62.